The number of aliphatic hydroxyl groups is 1. The van der Waals surface area contributed by atoms with Gasteiger partial charge >= 0.3 is 12.1 Å². The molecule has 8 nitrogen and oxygen atoms in total. The molecule has 200 valence electrons. The number of hydrogen-bond acceptors (Lipinski definition) is 6. The Morgan fingerprint density at radius 3 is 2.41 bits per heavy atom. The third-order valence-corrected chi connectivity index (χ3v) is 5.84. The van der Waals surface area contributed by atoms with Crippen LogP contribution < -0.4 is 5.32 Å². The molecule has 1 heterocycles. The predicted octanol–water partition coefficient (Wildman–Crippen LogP) is 6.01. The van der Waals surface area contributed by atoms with Crippen LogP contribution in [0.1, 0.15) is 43.2 Å². The van der Waals surface area contributed by atoms with E-state index in [0.29, 0.717) is 12.1 Å². The number of hydrogen-bond donors (Lipinski definition) is 4. The van der Waals surface area contributed by atoms with Crippen LogP contribution in [-0.4, -0.2) is 32.8 Å². The Kier molecular flexibility index (Phi) is 7.52. The number of rotatable bonds is 7. The molecule has 4 rings (SSSR count). The first kappa shape index (κ1) is 27.5. The number of anilines is 1. The maximum atomic E-state index is 14.7. The van der Waals surface area contributed by atoms with Crippen LogP contribution in [0.15, 0.2) is 65.2 Å². The van der Waals surface area contributed by atoms with Gasteiger partial charge in [0.15, 0.2) is 0 Å². The first-order valence-corrected chi connectivity index (χ1v) is 11.3. The number of alkyl halides is 3. The SMILES string of the molecule is N=C(c1ccc(C(=O)O)cc1F)c1ccc(-c2ncc(CO)o2)cc1NC(=O)c1c(Cl)cccc1C(F)(F)F. The van der Waals surface area contributed by atoms with Gasteiger partial charge in [-0.3, -0.25) is 10.2 Å². The standard InChI is InChI=1S/C26H16ClF4N3O5/c27-18-3-1-2-17(26(29,30)31)21(18)23(36)34-20-9-12(24-33-10-14(11-35)39-24)4-7-16(20)22(32)15-6-5-13(25(37)38)8-19(15)28/h1-10,32,35H,11H2,(H,34,36)(H,37,38). The van der Waals surface area contributed by atoms with Gasteiger partial charge in [0.2, 0.25) is 5.89 Å². The van der Waals surface area contributed by atoms with Crippen molar-refractivity contribution in [3.8, 4) is 11.5 Å². The Morgan fingerprint density at radius 2 is 1.79 bits per heavy atom. The van der Waals surface area contributed by atoms with Crippen molar-refractivity contribution in [3.63, 3.8) is 0 Å². The molecule has 4 N–H and O–H groups in total. The van der Waals surface area contributed by atoms with Crippen molar-refractivity contribution in [2.24, 2.45) is 0 Å². The Balaban J connectivity index is 1.83. The van der Waals surface area contributed by atoms with Gasteiger partial charge in [0.25, 0.3) is 5.91 Å². The van der Waals surface area contributed by atoms with Crippen LogP contribution in [-0.2, 0) is 12.8 Å². The molecule has 0 radical (unpaired) electrons. The Hall–Kier alpha value is -4.55. The number of aromatic nitrogens is 1. The number of nitrogens with one attached hydrogen (secondary N) is 2. The fraction of sp³-hybridized carbons (Fsp3) is 0.0769. The van der Waals surface area contributed by atoms with Crippen LogP contribution in [0.3, 0.4) is 0 Å². The summed E-state index contributed by atoms with van der Waals surface area (Å²) >= 11 is 5.95. The van der Waals surface area contributed by atoms with Crippen molar-refractivity contribution in [3.05, 3.63) is 105 Å². The lowest BCUT2D eigenvalue weighted by molar-refractivity contribution is -0.137. The highest BCUT2D eigenvalue weighted by Gasteiger charge is 2.36. The number of carbonyl (C=O) groups excluding carboxylic acids is 1. The predicted molar refractivity (Wildman–Crippen MR) is 132 cm³/mol. The van der Waals surface area contributed by atoms with Gasteiger partial charge in [-0.15, -0.1) is 0 Å². The van der Waals surface area contributed by atoms with Gasteiger partial charge in [-0.05, 0) is 48.5 Å². The quantitative estimate of drug-likeness (QED) is 0.161. The molecule has 0 saturated carbocycles. The van der Waals surface area contributed by atoms with Crippen LogP contribution in [0.25, 0.3) is 11.5 Å². The maximum absolute atomic E-state index is 14.7. The molecule has 0 fully saturated rings. The molecule has 0 aliphatic heterocycles. The molecule has 1 amide bonds. The number of carboxylic acids is 1. The maximum Gasteiger partial charge on any atom is 0.417 e. The molecule has 3 aromatic carbocycles. The van der Waals surface area contributed by atoms with Gasteiger partial charge in [0, 0.05) is 16.7 Å². The number of aromatic carboxylic acids is 1. The van der Waals surface area contributed by atoms with Gasteiger partial charge in [-0.2, -0.15) is 13.2 Å². The molecule has 1 aromatic heterocycles. The molecule has 39 heavy (non-hydrogen) atoms. The molecular weight excluding hydrogens is 546 g/mol. The first-order valence-electron chi connectivity index (χ1n) is 10.9. The summed E-state index contributed by atoms with van der Waals surface area (Å²) in [6, 6.07) is 9.57. The molecule has 0 aliphatic rings. The van der Waals surface area contributed by atoms with Crippen molar-refractivity contribution in [1.29, 1.82) is 5.41 Å². The van der Waals surface area contributed by atoms with E-state index in [-0.39, 0.29) is 39.6 Å². The van der Waals surface area contributed by atoms with Crippen molar-refractivity contribution < 1.29 is 41.8 Å². The largest absolute Gasteiger partial charge is 0.478 e. The highest BCUT2D eigenvalue weighted by molar-refractivity contribution is 6.34. The monoisotopic (exact) mass is 561 g/mol. The van der Waals surface area contributed by atoms with E-state index in [1.54, 1.807) is 0 Å². The van der Waals surface area contributed by atoms with Gasteiger partial charge in [-0.25, -0.2) is 14.2 Å². The third-order valence-electron chi connectivity index (χ3n) is 5.52. The van der Waals surface area contributed by atoms with Gasteiger partial charge in [0.1, 0.15) is 18.2 Å². The number of nitrogens with zero attached hydrogens (tertiary/aromatic N) is 1. The third kappa shape index (κ3) is 5.66. The summed E-state index contributed by atoms with van der Waals surface area (Å²) in [6.45, 7) is -0.461. The minimum atomic E-state index is -4.91. The van der Waals surface area contributed by atoms with Crippen molar-refractivity contribution in [2.75, 3.05) is 5.32 Å². The first-order chi connectivity index (χ1) is 18.4. The number of benzene rings is 3. The van der Waals surface area contributed by atoms with E-state index in [9.17, 15) is 32.3 Å². The van der Waals surface area contributed by atoms with E-state index in [0.717, 1.165) is 24.3 Å². The highest BCUT2D eigenvalue weighted by atomic mass is 35.5. The van der Waals surface area contributed by atoms with E-state index in [2.05, 4.69) is 10.3 Å². The second kappa shape index (κ2) is 10.7. The van der Waals surface area contributed by atoms with E-state index in [1.165, 1.54) is 24.4 Å². The minimum absolute atomic E-state index is 0.0154. The zero-order valence-corrected chi connectivity index (χ0v) is 20.2. The number of aliphatic hydroxyl groups excluding tert-OH is 1. The lowest BCUT2D eigenvalue weighted by Gasteiger charge is -2.17. The van der Waals surface area contributed by atoms with Gasteiger partial charge in [0.05, 0.1) is 39.3 Å². The number of halogens is 5. The normalized spacial score (nSPS) is 11.3. The summed E-state index contributed by atoms with van der Waals surface area (Å²) in [5.41, 5.74) is -3.51. The summed E-state index contributed by atoms with van der Waals surface area (Å²) in [7, 11) is 0. The van der Waals surface area contributed by atoms with Crippen LogP contribution in [0.4, 0.5) is 23.2 Å². The number of amides is 1. The molecule has 0 aliphatic carbocycles. The van der Waals surface area contributed by atoms with Gasteiger partial charge < -0.3 is 19.9 Å². The van der Waals surface area contributed by atoms with E-state index >= 15 is 0 Å². The summed E-state index contributed by atoms with van der Waals surface area (Å²) in [6.07, 6.45) is -3.68. The molecule has 13 heteroatoms. The summed E-state index contributed by atoms with van der Waals surface area (Å²) < 4.78 is 61.0. The molecule has 0 atom stereocenters. The fourth-order valence-corrected chi connectivity index (χ4v) is 3.95. The molecule has 0 saturated heterocycles. The van der Waals surface area contributed by atoms with Crippen molar-refractivity contribution in [2.45, 2.75) is 12.8 Å². The van der Waals surface area contributed by atoms with Crippen molar-refractivity contribution >= 4 is 34.9 Å². The summed E-state index contributed by atoms with van der Waals surface area (Å²) in [5, 5.41) is 28.7. The Bertz CT molecular complexity index is 1620. The number of carbonyl (C=O) groups is 2. The molecule has 4 aromatic rings. The fourth-order valence-electron chi connectivity index (χ4n) is 3.68. The minimum Gasteiger partial charge on any atom is -0.478 e. The lowest BCUT2D eigenvalue weighted by atomic mass is 9.97. The molecule has 0 bridgehead atoms. The van der Waals surface area contributed by atoms with E-state index in [4.69, 9.17) is 26.5 Å². The molecular formula is C26H16ClF4N3O5. The zero-order valence-electron chi connectivity index (χ0n) is 19.4. The van der Waals surface area contributed by atoms with Crippen LogP contribution in [0.2, 0.25) is 5.02 Å². The Morgan fingerprint density at radius 1 is 1.08 bits per heavy atom. The van der Waals surface area contributed by atoms with Crippen LogP contribution in [0, 0.1) is 11.2 Å². The topological polar surface area (TPSA) is 137 Å². The van der Waals surface area contributed by atoms with Crippen molar-refractivity contribution in [1.82, 2.24) is 4.98 Å². The summed E-state index contributed by atoms with van der Waals surface area (Å²) in [5.74, 6) is -3.61. The van der Waals surface area contributed by atoms with Crippen LogP contribution >= 0.6 is 11.6 Å². The van der Waals surface area contributed by atoms with E-state index < -0.39 is 52.3 Å². The highest BCUT2D eigenvalue weighted by Crippen LogP contribution is 2.36. The second-order valence-electron chi connectivity index (χ2n) is 8.04. The van der Waals surface area contributed by atoms with Crippen LogP contribution in [0.5, 0.6) is 0 Å². The van der Waals surface area contributed by atoms with E-state index in [1.807, 2.05) is 0 Å². The number of oxazole rings is 1. The Labute approximate surface area is 222 Å². The lowest BCUT2D eigenvalue weighted by Crippen LogP contribution is -2.21. The second-order valence-corrected chi connectivity index (χ2v) is 8.45. The molecule has 0 unspecified atom stereocenters. The number of carboxylic acid groups (broad SMARTS) is 1. The van der Waals surface area contributed by atoms with Gasteiger partial charge in [-0.1, -0.05) is 17.7 Å². The smallest absolute Gasteiger partial charge is 0.417 e. The zero-order chi connectivity index (χ0) is 28.5. The average molecular weight is 562 g/mol. The molecule has 0 spiro atoms. The summed E-state index contributed by atoms with van der Waals surface area (Å²) in [4.78, 5) is 28.3. The average Bonchev–Trinajstić information content (AvgIpc) is 3.37.